The number of benzene rings is 1. The molecule has 0 bridgehead atoms. The Bertz CT molecular complexity index is 1070. The highest BCUT2D eigenvalue weighted by atomic mass is 19.1. The Labute approximate surface area is 168 Å². The summed E-state index contributed by atoms with van der Waals surface area (Å²) in [7, 11) is 1.89. The van der Waals surface area contributed by atoms with Crippen molar-refractivity contribution in [2.24, 2.45) is 0 Å². The van der Waals surface area contributed by atoms with Crippen molar-refractivity contribution in [2.75, 3.05) is 20.1 Å². The predicted octanol–water partition coefficient (Wildman–Crippen LogP) is 2.73. The molecule has 7 heteroatoms. The molecule has 1 aliphatic heterocycles. The lowest BCUT2D eigenvalue weighted by atomic mass is 10.0. The lowest BCUT2D eigenvalue weighted by Gasteiger charge is -2.20. The highest BCUT2D eigenvalue weighted by Gasteiger charge is 2.21. The van der Waals surface area contributed by atoms with Crippen LogP contribution in [-0.4, -0.2) is 46.0 Å². The first-order valence-corrected chi connectivity index (χ1v) is 10.0. The number of nitrogens with zero attached hydrogens (tertiary/aromatic N) is 3. The minimum Gasteiger partial charge on any atom is -0.339 e. The smallest absolute Gasteiger partial charge is 0.254 e. The molecular formula is C22H25FN5O+. The number of imidazole rings is 1. The molecule has 0 spiro atoms. The van der Waals surface area contributed by atoms with Crippen molar-refractivity contribution in [1.82, 2.24) is 14.3 Å². The Hall–Kier alpha value is -3.06. The first-order chi connectivity index (χ1) is 14.1. The number of halogens is 1. The van der Waals surface area contributed by atoms with E-state index in [0.29, 0.717) is 22.5 Å². The molecule has 0 saturated carbocycles. The summed E-state index contributed by atoms with van der Waals surface area (Å²) in [6.07, 6.45) is 7.35. The highest BCUT2D eigenvalue weighted by molar-refractivity contribution is 6.13. The average molecular weight is 394 g/mol. The van der Waals surface area contributed by atoms with E-state index in [9.17, 15) is 9.18 Å². The van der Waals surface area contributed by atoms with Crippen LogP contribution in [0.4, 0.5) is 10.1 Å². The van der Waals surface area contributed by atoms with E-state index in [1.54, 1.807) is 28.8 Å². The third-order valence-corrected chi connectivity index (χ3v) is 5.50. The summed E-state index contributed by atoms with van der Waals surface area (Å²) in [5, 5.41) is 10.6. The van der Waals surface area contributed by atoms with E-state index in [0.717, 1.165) is 31.6 Å². The van der Waals surface area contributed by atoms with Crippen LogP contribution in [0, 0.1) is 11.2 Å². The van der Waals surface area contributed by atoms with Crippen LogP contribution in [0.3, 0.4) is 0 Å². The van der Waals surface area contributed by atoms with Gasteiger partial charge in [-0.3, -0.25) is 14.6 Å². The maximum absolute atomic E-state index is 13.7. The number of nitrogens with two attached hydrogens (primary N) is 1. The molecule has 0 aliphatic carbocycles. The number of pyridine rings is 1. The Morgan fingerprint density at radius 1 is 1.14 bits per heavy atom. The topological polar surface area (TPSA) is 78.1 Å². The molecule has 150 valence electrons. The molecular weight excluding hydrogens is 369 g/mol. The van der Waals surface area contributed by atoms with Crippen molar-refractivity contribution in [3.8, 4) is 0 Å². The number of hydrogen-bond donors (Lipinski definition) is 2. The number of quaternary nitrogens is 1. The van der Waals surface area contributed by atoms with Crippen molar-refractivity contribution in [3.63, 3.8) is 0 Å². The largest absolute Gasteiger partial charge is 0.339 e. The zero-order valence-electron chi connectivity index (χ0n) is 16.5. The van der Waals surface area contributed by atoms with Gasteiger partial charge in [0.05, 0.1) is 30.2 Å². The van der Waals surface area contributed by atoms with E-state index in [1.165, 1.54) is 25.1 Å². The quantitative estimate of drug-likeness (QED) is 0.527. The Morgan fingerprint density at radius 2 is 1.90 bits per heavy atom. The molecule has 29 heavy (non-hydrogen) atoms. The lowest BCUT2D eigenvalue weighted by Crippen LogP contribution is -2.73. The second-order valence-electron chi connectivity index (χ2n) is 7.39. The van der Waals surface area contributed by atoms with Crippen LogP contribution in [-0.2, 0) is 0 Å². The lowest BCUT2D eigenvalue weighted by molar-refractivity contribution is -0.539. The van der Waals surface area contributed by atoms with Gasteiger partial charge in [-0.25, -0.2) is 9.37 Å². The molecule has 0 unspecified atom stereocenters. The summed E-state index contributed by atoms with van der Waals surface area (Å²) in [4.78, 5) is 19.1. The standard InChI is InChI=1S/C22H24FN5O/c1-25-18-12-15(22(29)27-10-4-2-3-5-11-27)6-8-17(18)21(24)19-13-26-20-9-7-16(23)14-28(19)20/h6-9,12-14,24-25H,2-5,10-11H2,1H3/p+1. The van der Waals surface area contributed by atoms with Crippen LogP contribution in [0.1, 0.15) is 47.3 Å². The van der Waals surface area contributed by atoms with Crippen molar-refractivity contribution < 1.29 is 14.5 Å². The Morgan fingerprint density at radius 3 is 2.62 bits per heavy atom. The first kappa shape index (κ1) is 19.3. The van der Waals surface area contributed by atoms with Gasteiger partial charge in [-0.1, -0.05) is 12.8 Å². The number of fused-ring (bicyclic) bond motifs is 1. The second-order valence-corrected chi connectivity index (χ2v) is 7.39. The normalized spacial score (nSPS) is 14.8. The Balaban J connectivity index is 1.66. The van der Waals surface area contributed by atoms with Crippen LogP contribution in [0.2, 0.25) is 0 Å². The fraction of sp³-hybridized carbons (Fsp3) is 0.318. The molecule has 1 aliphatic rings. The molecule has 4 rings (SSSR count). The summed E-state index contributed by atoms with van der Waals surface area (Å²) in [6, 6.07) is 8.38. The molecule has 3 aromatic rings. The number of amides is 1. The molecule has 1 aromatic carbocycles. The van der Waals surface area contributed by atoms with Gasteiger partial charge in [-0.05, 0) is 37.1 Å². The van der Waals surface area contributed by atoms with Gasteiger partial charge in [-0.2, -0.15) is 0 Å². The van der Waals surface area contributed by atoms with E-state index in [-0.39, 0.29) is 17.4 Å². The number of aromatic nitrogens is 2. The molecule has 0 radical (unpaired) electrons. The van der Waals surface area contributed by atoms with Gasteiger partial charge in [0.1, 0.15) is 17.2 Å². The highest BCUT2D eigenvalue weighted by Crippen LogP contribution is 2.21. The van der Waals surface area contributed by atoms with Gasteiger partial charge in [0, 0.05) is 30.9 Å². The fourth-order valence-corrected chi connectivity index (χ4v) is 3.90. The van der Waals surface area contributed by atoms with Gasteiger partial charge in [-0.15, -0.1) is 0 Å². The summed E-state index contributed by atoms with van der Waals surface area (Å²) in [5.41, 5.74) is 3.47. The third-order valence-electron chi connectivity index (χ3n) is 5.50. The molecule has 1 saturated heterocycles. The van der Waals surface area contributed by atoms with Crippen molar-refractivity contribution >= 4 is 23.0 Å². The van der Waals surface area contributed by atoms with E-state index < -0.39 is 0 Å². The van der Waals surface area contributed by atoms with Gasteiger partial charge < -0.3 is 10.2 Å². The van der Waals surface area contributed by atoms with Crippen LogP contribution in [0.25, 0.3) is 5.65 Å². The first-order valence-electron chi connectivity index (χ1n) is 10.0. The van der Waals surface area contributed by atoms with E-state index >= 15 is 0 Å². The number of carbonyl (C=O) groups excluding carboxylic acids is 1. The number of hydrogen-bond acceptors (Lipinski definition) is 3. The maximum atomic E-state index is 13.7. The fourth-order valence-electron chi connectivity index (χ4n) is 3.90. The second kappa shape index (κ2) is 8.13. The van der Waals surface area contributed by atoms with E-state index in [4.69, 9.17) is 5.41 Å². The van der Waals surface area contributed by atoms with E-state index in [2.05, 4.69) is 4.98 Å². The zero-order chi connectivity index (χ0) is 20.4. The molecule has 3 N–H and O–H groups in total. The monoisotopic (exact) mass is 394 g/mol. The number of nitrogens with one attached hydrogen (secondary N) is 1. The van der Waals surface area contributed by atoms with Gasteiger partial charge in [0.25, 0.3) is 5.91 Å². The molecule has 6 nitrogen and oxygen atoms in total. The van der Waals surface area contributed by atoms with Crippen LogP contribution < -0.4 is 5.32 Å². The molecule has 2 aromatic heterocycles. The van der Waals surface area contributed by atoms with Crippen LogP contribution in [0.5, 0.6) is 0 Å². The van der Waals surface area contributed by atoms with E-state index in [1.807, 2.05) is 23.3 Å². The third kappa shape index (κ3) is 3.78. The summed E-state index contributed by atoms with van der Waals surface area (Å²) in [5.74, 6) is -0.338. The minimum absolute atomic E-state index is 0.0463. The summed E-state index contributed by atoms with van der Waals surface area (Å²) in [6.45, 7) is 1.60. The van der Waals surface area contributed by atoms with Gasteiger partial charge in [0.15, 0.2) is 0 Å². The van der Waals surface area contributed by atoms with Crippen molar-refractivity contribution in [2.45, 2.75) is 25.7 Å². The number of likely N-dealkylation sites (tertiary alicyclic amines) is 1. The molecule has 1 fully saturated rings. The summed E-state index contributed by atoms with van der Waals surface area (Å²) < 4.78 is 15.3. The van der Waals surface area contributed by atoms with Gasteiger partial charge in [0.2, 0.25) is 0 Å². The SMILES string of the molecule is C[NH2+]c1cc(C(=O)N2CCCCCC2)ccc1C(=N)c1cnc2ccc(F)cn12. The number of rotatable bonds is 4. The molecule has 3 heterocycles. The molecule has 1 amide bonds. The Kier molecular flexibility index (Phi) is 5.40. The minimum atomic E-state index is -0.384. The zero-order valence-corrected chi connectivity index (χ0v) is 16.5. The van der Waals surface area contributed by atoms with Crippen molar-refractivity contribution in [3.05, 3.63) is 65.4 Å². The van der Waals surface area contributed by atoms with Crippen molar-refractivity contribution in [1.29, 1.82) is 5.41 Å². The van der Waals surface area contributed by atoms with Crippen LogP contribution >= 0.6 is 0 Å². The summed E-state index contributed by atoms with van der Waals surface area (Å²) >= 11 is 0. The van der Waals surface area contributed by atoms with Crippen LogP contribution in [0.15, 0.2) is 42.7 Å². The average Bonchev–Trinajstić information content (AvgIpc) is 2.96. The molecule has 0 atom stereocenters. The number of carbonyl (C=O) groups is 1. The van der Waals surface area contributed by atoms with Gasteiger partial charge >= 0.3 is 0 Å². The predicted molar refractivity (Wildman–Crippen MR) is 109 cm³/mol. The maximum Gasteiger partial charge on any atom is 0.254 e.